The molecule has 0 aliphatic rings. The van der Waals surface area contributed by atoms with Crippen molar-refractivity contribution in [1.29, 1.82) is 0 Å². The summed E-state index contributed by atoms with van der Waals surface area (Å²) in [6.45, 7) is 5.34. The van der Waals surface area contributed by atoms with Crippen molar-refractivity contribution in [3.63, 3.8) is 0 Å². The number of carboxylic acids is 1. The number of hydrogen-bond acceptors (Lipinski definition) is 5. The Morgan fingerprint density at radius 1 is 0.774 bits per heavy atom. The molecule has 0 fully saturated rings. The molecule has 0 aliphatic heterocycles. The van der Waals surface area contributed by atoms with E-state index in [1.165, 1.54) is 25.7 Å². The van der Waals surface area contributed by atoms with E-state index in [1.807, 2.05) is 6.08 Å². The van der Waals surface area contributed by atoms with Gasteiger partial charge in [-0.3, -0.25) is 9.59 Å². The number of rotatable bonds is 23. The molecule has 0 aromatic heterocycles. The lowest BCUT2D eigenvalue weighted by Crippen LogP contribution is -2.29. The van der Waals surface area contributed by atoms with Crippen molar-refractivity contribution in [1.82, 2.24) is 4.90 Å². The summed E-state index contributed by atoms with van der Waals surface area (Å²) in [6, 6.07) is 0. The van der Waals surface area contributed by atoms with Crippen LogP contribution in [0.25, 0.3) is 0 Å². The van der Waals surface area contributed by atoms with Crippen molar-refractivity contribution in [2.45, 2.75) is 103 Å². The largest absolute Gasteiger partial charge is 0.481 e. The summed E-state index contributed by atoms with van der Waals surface area (Å²) in [5.41, 5.74) is 0. The lowest BCUT2D eigenvalue weighted by atomic mass is 10.1. The van der Waals surface area contributed by atoms with E-state index in [-0.39, 0.29) is 19.0 Å². The summed E-state index contributed by atoms with van der Waals surface area (Å²) < 4.78 is 5.24. The van der Waals surface area contributed by atoms with Crippen molar-refractivity contribution >= 4 is 11.9 Å². The minimum absolute atomic E-state index is 0.120. The number of carboxylic acid groups (broad SMARTS) is 1. The fourth-order valence-electron chi connectivity index (χ4n) is 3.49. The summed E-state index contributed by atoms with van der Waals surface area (Å²) >= 11 is 0. The van der Waals surface area contributed by atoms with E-state index in [0.29, 0.717) is 19.6 Å². The molecule has 182 valence electrons. The molecule has 0 heterocycles. The standard InChI is InChI=1S/C25H47NO5/c1-2-3-4-5-6-10-16-23-31-25(30)18-13-11-15-20-26(21-22-27)19-14-9-7-8-12-17-24(28)29/h10,16,27H,2-9,11-15,17-23H2,1H3,(H,28,29). The van der Waals surface area contributed by atoms with Gasteiger partial charge in [-0.05, 0) is 51.6 Å². The van der Waals surface area contributed by atoms with Crippen LogP contribution in [0.2, 0.25) is 0 Å². The minimum Gasteiger partial charge on any atom is -0.481 e. The van der Waals surface area contributed by atoms with Gasteiger partial charge in [-0.15, -0.1) is 0 Å². The van der Waals surface area contributed by atoms with Crippen LogP contribution >= 0.6 is 0 Å². The smallest absolute Gasteiger partial charge is 0.306 e. The fraction of sp³-hybridized carbons (Fsp3) is 0.840. The van der Waals surface area contributed by atoms with Gasteiger partial charge in [0.05, 0.1) is 6.61 Å². The molecule has 0 radical (unpaired) electrons. The number of nitrogens with zero attached hydrogens (tertiary/aromatic N) is 1. The number of carbonyl (C=O) groups is 2. The summed E-state index contributed by atoms with van der Waals surface area (Å²) in [7, 11) is 0. The molecular formula is C25H47NO5. The number of aliphatic carboxylic acids is 1. The summed E-state index contributed by atoms with van der Waals surface area (Å²) in [6.07, 6.45) is 18.7. The number of hydrogen-bond donors (Lipinski definition) is 2. The van der Waals surface area contributed by atoms with Gasteiger partial charge < -0.3 is 19.8 Å². The molecule has 0 atom stereocenters. The number of carbonyl (C=O) groups excluding carboxylic acids is 1. The Kier molecular flexibility index (Phi) is 22.2. The van der Waals surface area contributed by atoms with Crippen molar-refractivity contribution in [3.8, 4) is 0 Å². The molecule has 0 amide bonds. The number of aliphatic hydroxyl groups excluding tert-OH is 1. The zero-order chi connectivity index (χ0) is 23.0. The zero-order valence-corrected chi connectivity index (χ0v) is 19.9. The normalized spacial score (nSPS) is 11.5. The predicted octanol–water partition coefficient (Wildman–Crippen LogP) is 5.34. The molecule has 0 aliphatic carbocycles. The van der Waals surface area contributed by atoms with Gasteiger partial charge in [0.15, 0.2) is 0 Å². The van der Waals surface area contributed by atoms with E-state index >= 15 is 0 Å². The van der Waals surface area contributed by atoms with E-state index in [9.17, 15) is 14.7 Å². The Morgan fingerprint density at radius 2 is 1.39 bits per heavy atom. The van der Waals surface area contributed by atoms with Gasteiger partial charge in [0.25, 0.3) is 0 Å². The quantitative estimate of drug-likeness (QED) is 0.126. The highest BCUT2D eigenvalue weighted by Gasteiger charge is 2.06. The van der Waals surface area contributed by atoms with E-state index in [4.69, 9.17) is 9.84 Å². The van der Waals surface area contributed by atoms with E-state index in [0.717, 1.165) is 70.9 Å². The van der Waals surface area contributed by atoms with Crippen molar-refractivity contribution in [2.75, 3.05) is 32.8 Å². The first-order valence-corrected chi connectivity index (χ1v) is 12.5. The van der Waals surface area contributed by atoms with Gasteiger partial charge in [0, 0.05) is 19.4 Å². The fourth-order valence-corrected chi connectivity index (χ4v) is 3.49. The first kappa shape index (κ1) is 29.6. The second kappa shape index (κ2) is 23.3. The molecule has 6 heteroatoms. The summed E-state index contributed by atoms with van der Waals surface area (Å²) in [4.78, 5) is 24.5. The topological polar surface area (TPSA) is 87.1 Å². The first-order chi connectivity index (χ1) is 15.1. The van der Waals surface area contributed by atoms with Gasteiger partial charge in [0.1, 0.15) is 6.61 Å². The molecule has 0 bridgehead atoms. The van der Waals surface area contributed by atoms with Crippen LogP contribution in [0.1, 0.15) is 103 Å². The molecule has 0 saturated carbocycles. The number of allylic oxidation sites excluding steroid dienone is 1. The predicted molar refractivity (Wildman–Crippen MR) is 126 cm³/mol. The van der Waals surface area contributed by atoms with E-state index in [2.05, 4.69) is 17.9 Å². The number of esters is 1. The van der Waals surface area contributed by atoms with E-state index in [1.54, 1.807) is 0 Å². The molecule has 0 saturated heterocycles. The average Bonchev–Trinajstić information content (AvgIpc) is 2.74. The minimum atomic E-state index is -0.715. The van der Waals surface area contributed by atoms with Crippen LogP contribution < -0.4 is 0 Å². The highest BCUT2D eigenvalue weighted by molar-refractivity contribution is 5.69. The second-order valence-corrected chi connectivity index (χ2v) is 8.29. The van der Waals surface area contributed by atoms with Crippen LogP contribution in [0.3, 0.4) is 0 Å². The molecule has 0 aromatic rings. The van der Waals surface area contributed by atoms with Crippen molar-refractivity contribution in [3.05, 3.63) is 12.2 Å². The van der Waals surface area contributed by atoms with Crippen LogP contribution in [0.5, 0.6) is 0 Å². The Hall–Kier alpha value is -1.40. The first-order valence-electron chi connectivity index (χ1n) is 12.5. The SMILES string of the molecule is CCCCCCC=CCOC(=O)CCCCCN(CCO)CCCCCCCC(=O)O. The maximum atomic E-state index is 11.8. The van der Waals surface area contributed by atoms with Crippen molar-refractivity contribution in [2.24, 2.45) is 0 Å². The Labute approximate surface area is 190 Å². The van der Waals surface area contributed by atoms with Gasteiger partial charge >= 0.3 is 11.9 Å². The van der Waals surface area contributed by atoms with Crippen LogP contribution in [-0.2, 0) is 14.3 Å². The second-order valence-electron chi connectivity index (χ2n) is 8.29. The molecule has 31 heavy (non-hydrogen) atoms. The van der Waals surface area contributed by atoms with Crippen LogP contribution in [0.4, 0.5) is 0 Å². The van der Waals surface area contributed by atoms with Crippen LogP contribution in [-0.4, -0.2) is 59.9 Å². The third-order valence-corrected chi connectivity index (χ3v) is 5.37. The average molecular weight is 442 g/mol. The van der Waals surface area contributed by atoms with Gasteiger partial charge in [-0.25, -0.2) is 0 Å². The van der Waals surface area contributed by atoms with Crippen LogP contribution in [0, 0.1) is 0 Å². The van der Waals surface area contributed by atoms with E-state index < -0.39 is 5.97 Å². The third-order valence-electron chi connectivity index (χ3n) is 5.37. The van der Waals surface area contributed by atoms with Gasteiger partial charge in [-0.1, -0.05) is 64.0 Å². The Morgan fingerprint density at radius 3 is 2.06 bits per heavy atom. The molecule has 0 rings (SSSR count). The summed E-state index contributed by atoms with van der Waals surface area (Å²) in [5, 5.41) is 17.9. The maximum absolute atomic E-state index is 11.8. The number of ether oxygens (including phenoxy) is 1. The molecule has 2 N–H and O–H groups in total. The lowest BCUT2D eigenvalue weighted by Gasteiger charge is -2.21. The number of aliphatic hydroxyl groups is 1. The molecular weight excluding hydrogens is 394 g/mol. The van der Waals surface area contributed by atoms with Crippen LogP contribution in [0.15, 0.2) is 12.2 Å². The molecule has 0 aromatic carbocycles. The summed E-state index contributed by atoms with van der Waals surface area (Å²) in [5.74, 6) is -0.835. The highest BCUT2D eigenvalue weighted by atomic mass is 16.5. The Balaban J connectivity index is 3.62. The maximum Gasteiger partial charge on any atom is 0.306 e. The molecule has 6 nitrogen and oxygen atoms in total. The van der Waals surface area contributed by atoms with Crippen molar-refractivity contribution < 1.29 is 24.5 Å². The lowest BCUT2D eigenvalue weighted by molar-refractivity contribution is -0.142. The Bertz CT molecular complexity index is 453. The highest BCUT2D eigenvalue weighted by Crippen LogP contribution is 2.08. The third kappa shape index (κ3) is 23.1. The molecule has 0 unspecified atom stereocenters. The van der Waals surface area contributed by atoms with Gasteiger partial charge in [-0.2, -0.15) is 0 Å². The molecule has 0 spiro atoms. The zero-order valence-electron chi connectivity index (χ0n) is 19.9. The number of unbranched alkanes of at least 4 members (excludes halogenated alkanes) is 10. The van der Waals surface area contributed by atoms with Gasteiger partial charge in [0.2, 0.25) is 0 Å². The monoisotopic (exact) mass is 441 g/mol.